The largest absolute Gasteiger partial charge is 0.426 e. The monoisotopic (exact) mass is 228 g/mol. The van der Waals surface area contributed by atoms with Crippen LogP contribution >= 0.6 is 0 Å². The molecule has 16 heavy (non-hydrogen) atoms. The summed E-state index contributed by atoms with van der Waals surface area (Å²) in [6, 6.07) is 16.1. The van der Waals surface area contributed by atoms with Gasteiger partial charge in [0.25, 0.3) is 0 Å². The summed E-state index contributed by atoms with van der Waals surface area (Å²) in [5, 5.41) is 2.21. The van der Waals surface area contributed by atoms with Crippen molar-refractivity contribution in [2.75, 3.05) is 0 Å². The van der Waals surface area contributed by atoms with E-state index in [1.54, 1.807) is 0 Å². The van der Waals surface area contributed by atoms with Crippen molar-refractivity contribution in [1.82, 2.24) is 0 Å². The van der Waals surface area contributed by atoms with Gasteiger partial charge in [-0.25, -0.2) is 0 Å². The van der Waals surface area contributed by atoms with Gasteiger partial charge in [-0.05, 0) is 35.3 Å². The molecule has 0 saturated carbocycles. The first-order valence-corrected chi connectivity index (χ1v) is 7.16. The third-order valence-corrected chi connectivity index (χ3v) is 5.29. The number of aryl methyl sites for hydroxylation is 1. The maximum atomic E-state index is 10.4. The van der Waals surface area contributed by atoms with Gasteiger partial charge in [0.05, 0.1) is 0 Å². The van der Waals surface area contributed by atoms with Gasteiger partial charge in [0.15, 0.2) is 0 Å². The molecule has 0 fully saturated rings. The molecular formula is C14H16OSi. The van der Waals surface area contributed by atoms with Crippen LogP contribution in [0.2, 0.25) is 0 Å². The predicted molar refractivity (Wildman–Crippen MR) is 71.0 cm³/mol. The predicted octanol–water partition coefficient (Wildman–Crippen LogP) is 1.13. The van der Waals surface area contributed by atoms with Crippen LogP contribution in [0.4, 0.5) is 0 Å². The standard InChI is InChI=1S/C14H16OSi/c1-11-7-6-10-14(12(11)2)16(15)13-8-4-3-5-9-13/h3-10,15-16H,1-2H3. The lowest BCUT2D eigenvalue weighted by Gasteiger charge is -2.13. The Balaban J connectivity index is 2.42. The zero-order valence-electron chi connectivity index (χ0n) is 9.64. The van der Waals surface area contributed by atoms with Gasteiger partial charge >= 0.3 is 0 Å². The van der Waals surface area contributed by atoms with Crippen molar-refractivity contribution in [3.05, 3.63) is 59.7 Å². The second-order valence-electron chi connectivity index (χ2n) is 4.10. The SMILES string of the molecule is Cc1cccc([SiH](O)c2ccccc2)c1C. The molecule has 1 unspecified atom stereocenters. The summed E-state index contributed by atoms with van der Waals surface area (Å²) < 4.78 is 0. The Hall–Kier alpha value is -1.38. The Bertz CT molecular complexity index is 479. The zero-order chi connectivity index (χ0) is 11.5. The minimum Gasteiger partial charge on any atom is -0.426 e. The van der Waals surface area contributed by atoms with E-state index in [0.717, 1.165) is 10.4 Å². The molecule has 0 saturated heterocycles. The molecule has 1 N–H and O–H groups in total. The number of benzene rings is 2. The number of rotatable bonds is 2. The minimum absolute atomic E-state index is 1.08. The fourth-order valence-electron chi connectivity index (χ4n) is 1.88. The maximum absolute atomic E-state index is 10.4. The molecule has 0 aliphatic rings. The number of hydrogen-bond acceptors (Lipinski definition) is 1. The Labute approximate surface area is 98.1 Å². The van der Waals surface area contributed by atoms with Gasteiger partial charge in [-0.15, -0.1) is 0 Å². The van der Waals surface area contributed by atoms with Gasteiger partial charge in [-0.2, -0.15) is 0 Å². The molecule has 2 heteroatoms. The molecule has 0 bridgehead atoms. The smallest absolute Gasteiger partial charge is 0.236 e. The molecule has 2 aromatic carbocycles. The summed E-state index contributed by atoms with van der Waals surface area (Å²) in [6.45, 7) is 4.18. The molecule has 0 spiro atoms. The second-order valence-corrected chi connectivity index (χ2v) is 6.20. The van der Waals surface area contributed by atoms with E-state index in [0.29, 0.717) is 0 Å². The van der Waals surface area contributed by atoms with Gasteiger partial charge in [0.2, 0.25) is 9.04 Å². The average molecular weight is 228 g/mol. The summed E-state index contributed by atoms with van der Waals surface area (Å²) in [5.41, 5.74) is 2.48. The van der Waals surface area contributed by atoms with Gasteiger partial charge in [0, 0.05) is 0 Å². The normalized spacial score (nSPS) is 12.4. The van der Waals surface area contributed by atoms with Crippen molar-refractivity contribution in [3.8, 4) is 0 Å². The van der Waals surface area contributed by atoms with E-state index >= 15 is 0 Å². The van der Waals surface area contributed by atoms with Gasteiger partial charge < -0.3 is 4.80 Å². The van der Waals surface area contributed by atoms with E-state index in [1.165, 1.54) is 11.1 Å². The number of hydrogen-bond donors (Lipinski definition) is 1. The summed E-state index contributed by atoms with van der Waals surface area (Å²) in [6.07, 6.45) is 0. The van der Waals surface area contributed by atoms with Crippen LogP contribution < -0.4 is 10.4 Å². The van der Waals surface area contributed by atoms with Crippen LogP contribution in [-0.2, 0) is 0 Å². The molecule has 0 amide bonds. The third-order valence-electron chi connectivity index (χ3n) is 3.06. The van der Waals surface area contributed by atoms with Crippen LogP contribution in [0.1, 0.15) is 11.1 Å². The molecule has 0 aliphatic carbocycles. The molecule has 1 nitrogen and oxygen atoms in total. The minimum atomic E-state index is -1.99. The highest BCUT2D eigenvalue weighted by atomic mass is 28.3. The fraction of sp³-hybridized carbons (Fsp3) is 0.143. The quantitative estimate of drug-likeness (QED) is 0.764. The van der Waals surface area contributed by atoms with Crippen molar-refractivity contribution in [3.63, 3.8) is 0 Å². The van der Waals surface area contributed by atoms with E-state index in [4.69, 9.17) is 0 Å². The molecule has 0 aliphatic heterocycles. The van der Waals surface area contributed by atoms with Crippen molar-refractivity contribution in [1.29, 1.82) is 0 Å². The fourth-order valence-corrected chi connectivity index (χ4v) is 3.76. The lowest BCUT2D eigenvalue weighted by atomic mass is 10.1. The summed E-state index contributed by atoms with van der Waals surface area (Å²) >= 11 is 0. The van der Waals surface area contributed by atoms with E-state index in [1.807, 2.05) is 42.5 Å². The van der Waals surface area contributed by atoms with Crippen LogP contribution in [0.15, 0.2) is 48.5 Å². The molecular weight excluding hydrogens is 212 g/mol. The lowest BCUT2D eigenvalue weighted by Crippen LogP contribution is -2.43. The molecule has 0 radical (unpaired) electrons. The van der Waals surface area contributed by atoms with E-state index in [2.05, 4.69) is 19.9 Å². The van der Waals surface area contributed by atoms with Crippen LogP contribution in [0.3, 0.4) is 0 Å². The van der Waals surface area contributed by atoms with E-state index < -0.39 is 9.04 Å². The maximum Gasteiger partial charge on any atom is 0.236 e. The van der Waals surface area contributed by atoms with E-state index in [-0.39, 0.29) is 0 Å². The highest BCUT2D eigenvalue weighted by Gasteiger charge is 2.15. The van der Waals surface area contributed by atoms with Gasteiger partial charge in [-0.1, -0.05) is 48.5 Å². The third kappa shape index (κ3) is 2.08. The lowest BCUT2D eigenvalue weighted by molar-refractivity contribution is 0.600. The topological polar surface area (TPSA) is 20.2 Å². The zero-order valence-corrected chi connectivity index (χ0v) is 10.8. The first kappa shape index (κ1) is 11.1. The molecule has 1 atom stereocenters. The van der Waals surface area contributed by atoms with Gasteiger partial charge in [0.1, 0.15) is 0 Å². The Morgan fingerprint density at radius 3 is 2.25 bits per heavy atom. The summed E-state index contributed by atoms with van der Waals surface area (Å²) in [5.74, 6) is 0. The van der Waals surface area contributed by atoms with Crippen molar-refractivity contribution >= 4 is 19.4 Å². The van der Waals surface area contributed by atoms with Crippen LogP contribution in [-0.4, -0.2) is 13.8 Å². The average Bonchev–Trinajstić information content (AvgIpc) is 2.33. The summed E-state index contributed by atoms with van der Waals surface area (Å²) in [4.78, 5) is 10.4. The first-order chi connectivity index (χ1) is 7.70. The van der Waals surface area contributed by atoms with Crippen molar-refractivity contribution in [2.24, 2.45) is 0 Å². The van der Waals surface area contributed by atoms with E-state index in [9.17, 15) is 4.80 Å². The van der Waals surface area contributed by atoms with Gasteiger partial charge in [-0.3, -0.25) is 0 Å². The summed E-state index contributed by atoms with van der Waals surface area (Å²) in [7, 11) is -1.99. The second kappa shape index (κ2) is 4.64. The van der Waals surface area contributed by atoms with Crippen LogP contribution in [0.5, 0.6) is 0 Å². The Morgan fingerprint density at radius 2 is 1.56 bits per heavy atom. The van der Waals surface area contributed by atoms with Crippen molar-refractivity contribution < 1.29 is 4.80 Å². The Kier molecular flexibility index (Phi) is 3.22. The highest BCUT2D eigenvalue weighted by molar-refractivity contribution is 6.79. The highest BCUT2D eigenvalue weighted by Crippen LogP contribution is 2.03. The van der Waals surface area contributed by atoms with Crippen LogP contribution in [0, 0.1) is 13.8 Å². The Morgan fingerprint density at radius 1 is 0.875 bits per heavy atom. The molecule has 0 heterocycles. The molecule has 2 aromatic rings. The molecule has 2 rings (SSSR count). The van der Waals surface area contributed by atoms with Crippen molar-refractivity contribution in [2.45, 2.75) is 13.8 Å². The first-order valence-electron chi connectivity index (χ1n) is 5.49. The van der Waals surface area contributed by atoms with Crippen LogP contribution in [0.25, 0.3) is 0 Å². The molecule has 82 valence electrons. The molecule has 0 aromatic heterocycles.